The van der Waals surface area contributed by atoms with Crippen molar-refractivity contribution in [1.29, 1.82) is 0 Å². The molecule has 4 rings (SSSR count). The molecule has 0 spiro atoms. The van der Waals surface area contributed by atoms with E-state index in [0.717, 1.165) is 21.3 Å². The molecule has 0 saturated heterocycles. The molecule has 0 amide bonds. The van der Waals surface area contributed by atoms with Crippen molar-refractivity contribution < 1.29 is 14.3 Å². The molecule has 1 aliphatic heterocycles. The van der Waals surface area contributed by atoms with E-state index < -0.39 is 5.97 Å². The topological polar surface area (TPSA) is 78.6 Å². The summed E-state index contributed by atoms with van der Waals surface area (Å²) in [7, 11) is 1.62. The maximum absolute atomic E-state index is 12.8. The van der Waals surface area contributed by atoms with E-state index in [2.05, 4.69) is 26.1 Å². The summed E-state index contributed by atoms with van der Waals surface area (Å²) in [6.45, 7) is 2.07. The Morgan fingerprint density at radius 3 is 2.74 bits per heavy atom. The molecule has 1 aromatic heterocycles. The summed E-state index contributed by atoms with van der Waals surface area (Å²) in [5.74, 6) is 1.42. The number of fused-ring (bicyclic) bond motifs is 1. The zero-order valence-corrected chi connectivity index (χ0v) is 19.3. The number of ether oxygens (including phenoxy) is 2. The lowest BCUT2D eigenvalue weighted by molar-refractivity contribution is -0.137. The van der Waals surface area contributed by atoms with Crippen LogP contribution in [-0.2, 0) is 9.53 Å². The number of hydrogen-bond acceptors (Lipinski definition) is 7. The Morgan fingerprint density at radius 2 is 2.03 bits per heavy atom. The average Bonchev–Trinajstić information content (AvgIpc) is 3.21. The Labute approximate surface area is 192 Å². The van der Waals surface area contributed by atoms with Gasteiger partial charge in [-0.2, -0.15) is 9.78 Å². The molecule has 3 aromatic rings. The Kier molecular flexibility index (Phi) is 6.53. The number of rotatable bonds is 6. The standard InChI is InChI=1S/C22H19BrN4O3S/c1-3-30-21(28)18(12-14-5-4-6-16(23)11-14)19-13-31-22-25-24-20(27(22)26-19)15-7-9-17(29-2)10-8-15/h4-12H,3,13H2,1-2H3/b18-12-. The van der Waals surface area contributed by atoms with Crippen LogP contribution in [0.15, 0.2) is 68.8 Å². The number of esters is 1. The Bertz CT molecular complexity index is 1170. The van der Waals surface area contributed by atoms with Gasteiger partial charge in [-0.15, -0.1) is 10.2 Å². The molecule has 2 heterocycles. The molecule has 9 heteroatoms. The van der Waals surface area contributed by atoms with Crippen LogP contribution in [0.2, 0.25) is 0 Å². The molecule has 0 unspecified atom stereocenters. The van der Waals surface area contributed by atoms with Crippen LogP contribution in [0.4, 0.5) is 0 Å². The third-order valence-electron chi connectivity index (χ3n) is 4.48. The summed E-state index contributed by atoms with van der Waals surface area (Å²) < 4.78 is 13.1. The second-order valence-corrected chi connectivity index (χ2v) is 8.37. The van der Waals surface area contributed by atoms with Crippen LogP contribution in [0.25, 0.3) is 17.5 Å². The normalized spacial score (nSPS) is 13.4. The van der Waals surface area contributed by atoms with Gasteiger partial charge in [-0.3, -0.25) is 0 Å². The highest BCUT2D eigenvalue weighted by Gasteiger charge is 2.25. The summed E-state index contributed by atoms with van der Waals surface area (Å²) in [5.41, 5.74) is 2.73. The van der Waals surface area contributed by atoms with Gasteiger partial charge >= 0.3 is 5.97 Å². The first-order valence-corrected chi connectivity index (χ1v) is 11.3. The summed E-state index contributed by atoms with van der Waals surface area (Å²) in [6.07, 6.45) is 1.80. The minimum Gasteiger partial charge on any atom is -0.497 e. The molecule has 0 atom stereocenters. The first-order valence-electron chi connectivity index (χ1n) is 9.54. The maximum Gasteiger partial charge on any atom is 0.340 e. The number of carbonyl (C=O) groups excluding carboxylic acids is 1. The molecule has 31 heavy (non-hydrogen) atoms. The number of methoxy groups -OCH3 is 1. The highest BCUT2D eigenvalue weighted by Crippen LogP contribution is 2.30. The molecule has 2 aromatic carbocycles. The lowest BCUT2D eigenvalue weighted by Gasteiger charge is -2.16. The van der Waals surface area contributed by atoms with E-state index in [1.807, 2.05) is 48.5 Å². The van der Waals surface area contributed by atoms with Crippen molar-refractivity contribution in [1.82, 2.24) is 14.9 Å². The van der Waals surface area contributed by atoms with E-state index in [-0.39, 0.29) is 6.61 Å². The Balaban J connectivity index is 1.76. The molecule has 7 nitrogen and oxygen atoms in total. The molecular formula is C22H19BrN4O3S. The van der Waals surface area contributed by atoms with Crippen molar-refractivity contribution >= 4 is 45.4 Å². The third-order valence-corrected chi connectivity index (χ3v) is 5.91. The van der Waals surface area contributed by atoms with Gasteiger partial charge in [-0.05, 0) is 55.0 Å². The molecule has 0 N–H and O–H groups in total. The third kappa shape index (κ3) is 4.72. The number of halogens is 1. The van der Waals surface area contributed by atoms with Gasteiger partial charge in [-0.1, -0.05) is 39.8 Å². The van der Waals surface area contributed by atoms with Crippen LogP contribution in [-0.4, -0.2) is 46.0 Å². The highest BCUT2D eigenvalue weighted by atomic mass is 79.9. The number of nitrogens with zero attached hydrogens (tertiary/aromatic N) is 4. The van der Waals surface area contributed by atoms with Crippen LogP contribution in [0.1, 0.15) is 12.5 Å². The van der Waals surface area contributed by atoms with Gasteiger partial charge in [0.25, 0.3) is 0 Å². The monoisotopic (exact) mass is 498 g/mol. The van der Waals surface area contributed by atoms with Crippen LogP contribution in [0.5, 0.6) is 5.75 Å². The average molecular weight is 499 g/mol. The Morgan fingerprint density at radius 1 is 1.23 bits per heavy atom. The number of carbonyl (C=O) groups is 1. The van der Waals surface area contributed by atoms with Gasteiger partial charge in [0.2, 0.25) is 5.16 Å². The molecule has 0 fully saturated rings. The second-order valence-electron chi connectivity index (χ2n) is 6.52. The highest BCUT2D eigenvalue weighted by molar-refractivity contribution is 9.10. The lowest BCUT2D eigenvalue weighted by atomic mass is 10.1. The van der Waals surface area contributed by atoms with Crippen LogP contribution in [0.3, 0.4) is 0 Å². The fraction of sp³-hybridized carbons (Fsp3) is 0.182. The zero-order valence-electron chi connectivity index (χ0n) is 16.9. The van der Waals surface area contributed by atoms with E-state index in [0.29, 0.717) is 28.0 Å². The number of hydrogen-bond donors (Lipinski definition) is 0. The van der Waals surface area contributed by atoms with E-state index in [1.165, 1.54) is 11.8 Å². The smallest absolute Gasteiger partial charge is 0.340 e. The van der Waals surface area contributed by atoms with Crippen LogP contribution < -0.4 is 4.74 Å². The van der Waals surface area contributed by atoms with Crippen LogP contribution in [0, 0.1) is 0 Å². The van der Waals surface area contributed by atoms with Crippen molar-refractivity contribution in [3.05, 3.63) is 64.1 Å². The largest absolute Gasteiger partial charge is 0.497 e. The molecule has 0 bridgehead atoms. The molecule has 158 valence electrons. The quantitative estimate of drug-likeness (QED) is 0.362. The summed E-state index contributed by atoms with van der Waals surface area (Å²) in [6, 6.07) is 15.2. The van der Waals surface area contributed by atoms with Crippen molar-refractivity contribution in [2.75, 3.05) is 19.5 Å². The van der Waals surface area contributed by atoms with Crippen molar-refractivity contribution in [3.8, 4) is 17.1 Å². The first-order chi connectivity index (χ1) is 15.1. The summed E-state index contributed by atoms with van der Waals surface area (Å²) >= 11 is 4.94. The van der Waals surface area contributed by atoms with Gasteiger partial charge in [0.05, 0.1) is 25.0 Å². The van der Waals surface area contributed by atoms with E-state index in [4.69, 9.17) is 14.6 Å². The van der Waals surface area contributed by atoms with Gasteiger partial charge in [-0.25, -0.2) is 4.79 Å². The predicted octanol–water partition coefficient (Wildman–Crippen LogP) is 4.67. The fourth-order valence-corrected chi connectivity index (χ4v) is 4.26. The fourth-order valence-electron chi connectivity index (χ4n) is 3.01. The molecule has 1 aliphatic rings. The lowest BCUT2D eigenvalue weighted by Crippen LogP contribution is -2.21. The van der Waals surface area contributed by atoms with Gasteiger partial charge < -0.3 is 9.47 Å². The molecule has 0 aliphatic carbocycles. The van der Waals surface area contributed by atoms with E-state index >= 15 is 0 Å². The van der Waals surface area contributed by atoms with Gasteiger partial charge in [0.1, 0.15) is 5.75 Å². The summed E-state index contributed by atoms with van der Waals surface area (Å²) in [4.78, 5) is 12.8. The van der Waals surface area contributed by atoms with Gasteiger partial charge in [0.15, 0.2) is 5.82 Å². The maximum atomic E-state index is 12.8. The van der Waals surface area contributed by atoms with Crippen molar-refractivity contribution in [3.63, 3.8) is 0 Å². The summed E-state index contributed by atoms with van der Waals surface area (Å²) in [5, 5.41) is 13.9. The first kappa shape index (κ1) is 21.3. The minimum absolute atomic E-state index is 0.282. The van der Waals surface area contributed by atoms with E-state index in [9.17, 15) is 4.79 Å². The SMILES string of the molecule is CCOC(=O)/C(=C\c1cccc(Br)c1)C1=Nn2c(nnc2-c2ccc(OC)cc2)SC1. The Hall–Kier alpha value is -2.91. The molecule has 0 radical (unpaired) electrons. The van der Waals surface area contributed by atoms with E-state index in [1.54, 1.807) is 24.8 Å². The van der Waals surface area contributed by atoms with Crippen LogP contribution >= 0.6 is 27.7 Å². The molecule has 0 saturated carbocycles. The zero-order chi connectivity index (χ0) is 21.8. The minimum atomic E-state index is -0.413. The predicted molar refractivity (Wildman–Crippen MR) is 124 cm³/mol. The number of benzene rings is 2. The molecular weight excluding hydrogens is 480 g/mol. The van der Waals surface area contributed by atoms with Crippen molar-refractivity contribution in [2.24, 2.45) is 5.10 Å². The number of thioether (sulfide) groups is 1. The second kappa shape index (κ2) is 9.49. The van der Waals surface area contributed by atoms with Crippen molar-refractivity contribution in [2.45, 2.75) is 12.1 Å². The number of aromatic nitrogens is 3. The van der Waals surface area contributed by atoms with Gasteiger partial charge in [0, 0.05) is 15.8 Å².